The molecule has 4 nitrogen and oxygen atoms in total. The molecule has 0 saturated heterocycles. The largest absolute Gasteiger partial charge is 0.448 e. The number of hydrogen-bond donors (Lipinski definition) is 0. The summed E-state index contributed by atoms with van der Waals surface area (Å²) in [6.45, 7) is 2.17. The summed E-state index contributed by atoms with van der Waals surface area (Å²) in [6, 6.07) is 4.05. The third kappa shape index (κ3) is 1.12. The van der Waals surface area contributed by atoms with E-state index in [4.69, 9.17) is 4.74 Å². The highest BCUT2D eigenvalue weighted by Crippen LogP contribution is 2.47. The SMILES string of the molecule is Cc1c2c3c(cn(C)c3n1C)Oc1ccc[n+](C)c1-2. The van der Waals surface area contributed by atoms with Gasteiger partial charge in [0.15, 0.2) is 17.7 Å². The minimum absolute atomic E-state index is 0.930. The van der Waals surface area contributed by atoms with Crippen LogP contribution in [0.15, 0.2) is 24.5 Å². The molecule has 1 aliphatic heterocycles. The van der Waals surface area contributed by atoms with E-state index >= 15 is 0 Å². The first-order valence-electron chi connectivity index (χ1n) is 6.40. The van der Waals surface area contributed by atoms with Gasteiger partial charge >= 0.3 is 0 Å². The van der Waals surface area contributed by atoms with Crippen LogP contribution in [0.5, 0.6) is 11.5 Å². The van der Waals surface area contributed by atoms with Gasteiger partial charge in [0.1, 0.15) is 12.7 Å². The van der Waals surface area contributed by atoms with Crippen LogP contribution in [0.2, 0.25) is 0 Å². The second-order valence-corrected chi connectivity index (χ2v) is 5.26. The fraction of sp³-hybridized carbons (Fsp3) is 0.267. The monoisotopic (exact) mass is 254 g/mol. The second kappa shape index (κ2) is 3.20. The van der Waals surface area contributed by atoms with Crippen molar-refractivity contribution in [2.45, 2.75) is 6.92 Å². The lowest BCUT2D eigenvalue weighted by molar-refractivity contribution is -0.660. The predicted octanol–water partition coefficient (Wildman–Crippen LogP) is 2.42. The van der Waals surface area contributed by atoms with Gasteiger partial charge in [-0.1, -0.05) is 0 Å². The molecule has 0 aromatic carbocycles. The van der Waals surface area contributed by atoms with Gasteiger partial charge < -0.3 is 13.9 Å². The molecular weight excluding hydrogens is 238 g/mol. The molecule has 0 spiro atoms. The summed E-state index contributed by atoms with van der Waals surface area (Å²) < 4.78 is 12.6. The minimum atomic E-state index is 0.930. The number of pyridine rings is 1. The van der Waals surface area contributed by atoms with E-state index in [2.05, 4.69) is 54.2 Å². The zero-order chi connectivity index (χ0) is 13.3. The molecule has 0 saturated carbocycles. The Hall–Kier alpha value is -2.23. The van der Waals surface area contributed by atoms with Crippen molar-refractivity contribution >= 4 is 11.0 Å². The summed E-state index contributed by atoms with van der Waals surface area (Å²) in [4.78, 5) is 0. The molecule has 0 bridgehead atoms. The molecule has 4 rings (SSSR count). The van der Waals surface area contributed by atoms with Crippen molar-refractivity contribution in [3.63, 3.8) is 0 Å². The van der Waals surface area contributed by atoms with Gasteiger partial charge in [-0.2, -0.15) is 4.57 Å². The Morgan fingerprint density at radius 3 is 2.79 bits per heavy atom. The van der Waals surface area contributed by atoms with Crippen LogP contribution in [-0.4, -0.2) is 9.13 Å². The van der Waals surface area contributed by atoms with E-state index in [-0.39, 0.29) is 0 Å². The second-order valence-electron chi connectivity index (χ2n) is 5.26. The molecule has 1 aliphatic rings. The highest BCUT2D eigenvalue weighted by atomic mass is 16.5. The van der Waals surface area contributed by atoms with Gasteiger partial charge in [-0.05, 0) is 13.0 Å². The Kier molecular flexibility index (Phi) is 1.80. The van der Waals surface area contributed by atoms with Crippen molar-refractivity contribution in [3.05, 3.63) is 30.2 Å². The van der Waals surface area contributed by atoms with Crippen LogP contribution in [0, 0.1) is 6.92 Å². The van der Waals surface area contributed by atoms with Crippen LogP contribution in [-0.2, 0) is 21.1 Å². The first-order valence-corrected chi connectivity index (χ1v) is 6.40. The van der Waals surface area contributed by atoms with Gasteiger partial charge in [-0.25, -0.2) is 0 Å². The van der Waals surface area contributed by atoms with Crippen LogP contribution >= 0.6 is 0 Å². The Labute approximate surface area is 111 Å². The van der Waals surface area contributed by atoms with Crippen LogP contribution in [0.25, 0.3) is 22.3 Å². The summed E-state index contributed by atoms with van der Waals surface area (Å²) in [5.74, 6) is 1.88. The van der Waals surface area contributed by atoms with E-state index in [1.54, 1.807) is 0 Å². The normalized spacial score (nSPS) is 12.6. The molecule has 96 valence electrons. The molecule has 0 aliphatic carbocycles. The molecule has 0 unspecified atom stereocenters. The molecule has 19 heavy (non-hydrogen) atoms. The molecule has 0 N–H and O–H groups in total. The molecule has 3 aromatic rings. The summed E-state index contributed by atoms with van der Waals surface area (Å²) in [7, 11) is 6.24. The highest BCUT2D eigenvalue weighted by Gasteiger charge is 2.33. The number of rotatable bonds is 0. The van der Waals surface area contributed by atoms with Crippen LogP contribution in [0.3, 0.4) is 0 Å². The summed E-state index contributed by atoms with van der Waals surface area (Å²) in [5.41, 5.74) is 4.92. The summed E-state index contributed by atoms with van der Waals surface area (Å²) in [6.07, 6.45) is 4.12. The van der Waals surface area contributed by atoms with Crippen LogP contribution in [0.1, 0.15) is 5.69 Å². The fourth-order valence-electron chi connectivity index (χ4n) is 3.19. The molecule has 3 aromatic heterocycles. The maximum absolute atomic E-state index is 6.06. The van der Waals surface area contributed by atoms with Gasteiger partial charge in [0.25, 0.3) is 5.69 Å². The van der Waals surface area contributed by atoms with E-state index in [0.29, 0.717) is 0 Å². The van der Waals surface area contributed by atoms with Crippen LogP contribution < -0.4 is 9.30 Å². The fourth-order valence-corrected chi connectivity index (χ4v) is 3.19. The molecule has 4 heteroatoms. The lowest BCUT2D eigenvalue weighted by Crippen LogP contribution is -2.31. The van der Waals surface area contributed by atoms with Crippen molar-refractivity contribution < 1.29 is 9.30 Å². The first-order chi connectivity index (χ1) is 9.09. The van der Waals surface area contributed by atoms with E-state index in [9.17, 15) is 0 Å². The number of aryl methyl sites for hydroxylation is 3. The average Bonchev–Trinajstić information content (AvgIpc) is 2.83. The molecule has 4 heterocycles. The number of ether oxygens (including phenoxy) is 1. The van der Waals surface area contributed by atoms with E-state index in [1.807, 2.05) is 12.1 Å². The van der Waals surface area contributed by atoms with E-state index < -0.39 is 0 Å². The minimum Gasteiger partial charge on any atom is -0.448 e. The molecule has 0 radical (unpaired) electrons. The van der Waals surface area contributed by atoms with Gasteiger partial charge in [-0.15, -0.1) is 0 Å². The maximum Gasteiger partial charge on any atom is 0.257 e. The van der Waals surface area contributed by atoms with Crippen molar-refractivity contribution in [2.24, 2.45) is 21.1 Å². The quantitative estimate of drug-likeness (QED) is 0.442. The Morgan fingerprint density at radius 1 is 1.21 bits per heavy atom. The smallest absolute Gasteiger partial charge is 0.257 e. The Bertz CT molecular complexity index is 839. The lowest BCUT2D eigenvalue weighted by Gasteiger charge is -2.13. The summed E-state index contributed by atoms with van der Waals surface area (Å²) >= 11 is 0. The molecule has 0 fully saturated rings. The third-order valence-electron chi connectivity index (χ3n) is 4.15. The molecular formula is C15H16N3O+. The third-order valence-corrected chi connectivity index (χ3v) is 4.15. The standard InChI is InChI=1S/C15H16N3O/c1-9-12-13-11(8-17(3)15(13)18(9)4)19-10-6-5-7-16(2)14(10)12/h5-8H,1-4H3/q+1. The number of aromatic nitrogens is 3. The van der Waals surface area contributed by atoms with Gasteiger partial charge in [0.05, 0.1) is 10.9 Å². The van der Waals surface area contributed by atoms with E-state index in [1.165, 1.54) is 22.3 Å². The average molecular weight is 254 g/mol. The number of fused-ring (bicyclic) bond motifs is 2. The predicted molar refractivity (Wildman–Crippen MR) is 73.3 cm³/mol. The Morgan fingerprint density at radius 2 is 2.00 bits per heavy atom. The number of nitrogens with zero attached hydrogens (tertiary/aromatic N) is 3. The summed E-state index contributed by atoms with van der Waals surface area (Å²) in [5, 5.41) is 1.22. The van der Waals surface area contributed by atoms with Gasteiger partial charge in [0.2, 0.25) is 0 Å². The maximum atomic E-state index is 6.06. The topological polar surface area (TPSA) is 23.0 Å². The highest BCUT2D eigenvalue weighted by molar-refractivity contribution is 6.03. The number of hydrogen-bond acceptors (Lipinski definition) is 1. The zero-order valence-corrected chi connectivity index (χ0v) is 11.6. The van der Waals surface area contributed by atoms with Crippen molar-refractivity contribution in [1.82, 2.24) is 9.13 Å². The zero-order valence-electron chi connectivity index (χ0n) is 11.6. The van der Waals surface area contributed by atoms with Crippen molar-refractivity contribution in [1.29, 1.82) is 0 Å². The van der Waals surface area contributed by atoms with Gasteiger partial charge in [0, 0.05) is 32.1 Å². The van der Waals surface area contributed by atoms with Crippen molar-refractivity contribution in [2.75, 3.05) is 0 Å². The Balaban J connectivity index is 2.27. The van der Waals surface area contributed by atoms with Gasteiger partial charge in [-0.3, -0.25) is 0 Å². The first kappa shape index (κ1) is 10.7. The lowest BCUT2D eigenvalue weighted by atomic mass is 10.1. The molecule has 0 amide bonds. The molecule has 0 atom stereocenters. The van der Waals surface area contributed by atoms with Crippen LogP contribution in [0.4, 0.5) is 0 Å². The van der Waals surface area contributed by atoms with Crippen molar-refractivity contribution in [3.8, 4) is 22.8 Å². The van der Waals surface area contributed by atoms with E-state index in [0.717, 1.165) is 17.2 Å².